The molecule has 1 aromatic carbocycles. The summed E-state index contributed by atoms with van der Waals surface area (Å²) in [4.78, 5) is 11.3. The Balaban J connectivity index is 0. The van der Waals surface area contributed by atoms with Crippen LogP contribution in [0.2, 0.25) is 0 Å². The van der Waals surface area contributed by atoms with Crippen molar-refractivity contribution in [3.05, 3.63) is 35.9 Å². The number of hydrogen-bond donors (Lipinski definition) is 1. The number of Topliss-reactive ketones (excluding diaryl/α,β-unsaturated/α-hetero) is 1. The summed E-state index contributed by atoms with van der Waals surface area (Å²) < 4.78 is 0. The first-order chi connectivity index (χ1) is 7.13. The van der Waals surface area contributed by atoms with E-state index in [1.54, 1.807) is 0 Å². The maximum Gasteiger partial charge on any atom is 0.165 e. The Labute approximate surface area is 94.2 Å². The van der Waals surface area contributed by atoms with E-state index in [9.17, 15) is 4.79 Å². The molecule has 0 saturated heterocycles. The van der Waals surface area contributed by atoms with E-state index in [1.807, 2.05) is 51.2 Å². The van der Waals surface area contributed by atoms with Gasteiger partial charge >= 0.3 is 0 Å². The number of carbonyl (C=O) groups is 1. The van der Waals surface area contributed by atoms with E-state index in [-0.39, 0.29) is 13.1 Å². The van der Waals surface area contributed by atoms with E-state index in [1.165, 1.54) is 0 Å². The Bertz CT molecular complexity index is 271. The smallest absolute Gasteiger partial charge is 0.165 e. The summed E-state index contributed by atoms with van der Waals surface area (Å²) in [5.41, 5.74) is 0.808. The van der Waals surface area contributed by atoms with Crippen LogP contribution in [0.5, 0.6) is 0 Å². The lowest BCUT2D eigenvalue weighted by Crippen LogP contribution is -2.06. The number of benzene rings is 1. The van der Waals surface area contributed by atoms with Crippen molar-refractivity contribution >= 4 is 5.78 Å². The van der Waals surface area contributed by atoms with Crippen LogP contribution in [0.15, 0.2) is 30.3 Å². The predicted octanol–water partition coefficient (Wildman–Crippen LogP) is 3.00. The SMILES string of the molecule is CC(C)C(=O)c1ccccc1.CCNC.[HH]. The van der Waals surface area contributed by atoms with Crippen LogP contribution in [-0.4, -0.2) is 19.4 Å². The van der Waals surface area contributed by atoms with Crippen molar-refractivity contribution in [2.75, 3.05) is 13.6 Å². The molecule has 0 amide bonds. The van der Waals surface area contributed by atoms with Crippen LogP contribution in [0.3, 0.4) is 0 Å². The Kier molecular flexibility index (Phi) is 7.56. The molecule has 0 unspecified atom stereocenters. The standard InChI is InChI=1S/C10H12O.C3H9N.H2/c1-8(2)10(11)9-6-4-3-5-7-9;1-3-4-2;/h3-8H,1-2H3;4H,3H2,1-2H3;1H. The summed E-state index contributed by atoms with van der Waals surface area (Å²) in [7, 11) is 1.93. The number of nitrogens with one attached hydrogen (secondary N) is 1. The minimum absolute atomic E-state index is 0. The summed E-state index contributed by atoms with van der Waals surface area (Å²) in [5.74, 6) is 0.308. The van der Waals surface area contributed by atoms with Crippen LogP contribution in [0.4, 0.5) is 0 Å². The fraction of sp³-hybridized carbons (Fsp3) is 0.462. The molecular weight excluding hydrogens is 186 g/mol. The highest BCUT2D eigenvalue weighted by atomic mass is 16.1. The fourth-order valence-corrected chi connectivity index (χ4v) is 0.936. The van der Waals surface area contributed by atoms with Gasteiger partial charge in [0.1, 0.15) is 0 Å². The van der Waals surface area contributed by atoms with Crippen LogP contribution in [0, 0.1) is 5.92 Å². The summed E-state index contributed by atoms with van der Waals surface area (Å²) in [6.45, 7) is 6.96. The lowest BCUT2D eigenvalue weighted by molar-refractivity contribution is 0.0939. The first kappa shape index (κ1) is 13.8. The van der Waals surface area contributed by atoms with Gasteiger partial charge < -0.3 is 5.32 Å². The first-order valence-electron chi connectivity index (χ1n) is 5.37. The number of carbonyl (C=O) groups excluding carboxylic acids is 1. The molecule has 0 atom stereocenters. The van der Waals surface area contributed by atoms with Gasteiger partial charge in [0.15, 0.2) is 5.78 Å². The third-order valence-corrected chi connectivity index (χ3v) is 1.94. The largest absolute Gasteiger partial charge is 0.320 e. The molecular formula is C13H23NO. The van der Waals surface area contributed by atoms with E-state index in [2.05, 4.69) is 12.2 Å². The molecule has 0 heterocycles. The molecule has 1 N–H and O–H groups in total. The number of ketones is 1. The Morgan fingerprint density at radius 3 is 2.13 bits per heavy atom. The molecule has 0 spiro atoms. The summed E-state index contributed by atoms with van der Waals surface area (Å²) in [6, 6.07) is 9.38. The highest BCUT2D eigenvalue weighted by Crippen LogP contribution is 2.06. The first-order valence-corrected chi connectivity index (χ1v) is 5.37. The van der Waals surface area contributed by atoms with Gasteiger partial charge in [0.2, 0.25) is 0 Å². The molecule has 0 fully saturated rings. The molecule has 15 heavy (non-hydrogen) atoms. The fourth-order valence-electron chi connectivity index (χ4n) is 0.936. The Hall–Kier alpha value is -1.15. The second-order valence-electron chi connectivity index (χ2n) is 3.59. The molecule has 1 aromatic rings. The number of rotatable bonds is 3. The van der Waals surface area contributed by atoms with Crippen LogP contribution in [-0.2, 0) is 0 Å². The second kappa shape index (κ2) is 8.18. The molecule has 2 heteroatoms. The zero-order valence-electron chi connectivity index (χ0n) is 10.1. The topological polar surface area (TPSA) is 29.1 Å². The molecule has 0 aliphatic heterocycles. The van der Waals surface area contributed by atoms with Crippen LogP contribution < -0.4 is 5.32 Å². The van der Waals surface area contributed by atoms with Gasteiger partial charge in [-0.1, -0.05) is 51.1 Å². The quantitative estimate of drug-likeness (QED) is 0.775. The zero-order valence-corrected chi connectivity index (χ0v) is 10.1. The van der Waals surface area contributed by atoms with E-state index < -0.39 is 0 Å². The van der Waals surface area contributed by atoms with Gasteiger partial charge in [0, 0.05) is 12.9 Å². The van der Waals surface area contributed by atoms with Crippen molar-refractivity contribution < 1.29 is 6.22 Å². The second-order valence-corrected chi connectivity index (χ2v) is 3.59. The molecule has 0 radical (unpaired) electrons. The zero-order chi connectivity index (χ0) is 11.7. The third-order valence-electron chi connectivity index (χ3n) is 1.94. The lowest BCUT2D eigenvalue weighted by Gasteiger charge is -2.01. The normalized spacial score (nSPS) is 9.40. The molecule has 0 saturated carbocycles. The maximum atomic E-state index is 11.3. The van der Waals surface area contributed by atoms with Gasteiger partial charge in [-0.15, -0.1) is 0 Å². The lowest BCUT2D eigenvalue weighted by atomic mass is 10.0. The van der Waals surface area contributed by atoms with Gasteiger partial charge in [0.25, 0.3) is 0 Å². The Morgan fingerprint density at radius 1 is 1.33 bits per heavy atom. The van der Waals surface area contributed by atoms with Crippen LogP contribution in [0.25, 0.3) is 0 Å². The maximum absolute atomic E-state index is 11.3. The highest BCUT2D eigenvalue weighted by molar-refractivity contribution is 5.97. The Morgan fingerprint density at radius 2 is 1.80 bits per heavy atom. The van der Waals surface area contributed by atoms with E-state index in [4.69, 9.17) is 0 Å². The molecule has 2 nitrogen and oxygen atoms in total. The number of hydrogen-bond acceptors (Lipinski definition) is 2. The average Bonchev–Trinajstić information content (AvgIpc) is 2.29. The van der Waals surface area contributed by atoms with Gasteiger partial charge in [-0.2, -0.15) is 0 Å². The van der Waals surface area contributed by atoms with Gasteiger partial charge in [-0.25, -0.2) is 0 Å². The van der Waals surface area contributed by atoms with E-state index >= 15 is 0 Å². The van der Waals surface area contributed by atoms with E-state index in [0.717, 1.165) is 12.1 Å². The predicted molar refractivity (Wildman–Crippen MR) is 67.3 cm³/mol. The average molecular weight is 209 g/mol. The van der Waals surface area contributed by atoms with Crippen LogP contribution >= 0.6 is 0 Å². The molecule has 0 bridgehead atoms. The van der Waals surface area contributed by atoms with Crippen LogP contribution in [0.1, 0.15) is 32.6 Å². The molecule has 0 aromatic heterocycles. The van der Waals surface area contributed by atoms with Crippen molar-refractivity contribution in [1.82, 2.24) is 5.32 Å². The summed E-state index contributed by atoms with van der Waals surface area (Å²) in [6.07, 6.45) is 0. The molecule has 0 aliphatic carbocycles. The third kappa shape index (κ3) is 6.02. The molecule has 86 valence electrons. The monoisotopic (exact) mass is 209 g/mol. The minimum Gasteiger partial charge on any atom is -0.320 e. The van der Waals surface area contributed by atoms with E-state index in [0.29, 0.717) is 0 Å². The molecule has 0 aliphatic rings. The highest BCUT2D eigenvalue weighted by Gasteiger charge is 2.08. The van der Waals surface area contributed by atoms with Gasteiger partial charge in [-0.05, 0) is 13.6 Å². The van der Waals surface area contributed by atoms with Crippen molar-refractivity contribution in [1.29, 1.82) is 0 Å². The van der Waals surface area contributed by atoms with Gasteiger partial charge in [-0.3, -0.25) is 4.79 Å². The van der Waals surface area contributed by atoms with Crippen molar-refractivity contribution in [3.63, 3.8) is 0 Å². The molecule has 1 rings (SSSR count). The minimum atomic E-state index is 0. The van der Waals surface area contributed by atoms with Gasteiger partial charge in [0.05, 0.1) is 0 Å². The summed E-state index contributed by atoms with van der Waals surface area (Å²) >= 11 is 0. The van der Waals surface area contributed by atoms with Crippen molar-refractivity contribution in [2.24, 2.45) is 5.92 Å². The van der Waals surface area contributed by atoms with Crippen molar-refractivity contribution in [2.45, 2.75) is 20.8 Å². The van der Waals surface area contributed by atoms with Crippen molar-refractivity contribution in [3.8, 4) is 0 Å². The summed E-state index contributed by atoms with van der Waals surface area (Å²) in [5, 5.41) is 2.93.